The summed E-state index contributed by atoms with van der Waals surface area (Å²) < 4.78 is 6.16. The number of non-ortho nitro benzene ring substituents is 1. The molecule has 0 saturated carbocycles. The monoisotopic (exact) mass is 361 g/mol. The van der Waals surface area contributed by atoms with Crippen molar-refractivity contribution in [3.05, 3.63) is 68.4 Å². The first kappa shape index (κ1) is 14.3. The topological polar surface area (TPSA) is 93.6 Å². The Morgan fingerprint density at radius 1 is 1.18 bits per heavy atom. The fourth-order valence-corrected chi connectivity index (χ4v) is 2.34. The summed E-state index contributed by atoms with van der Waals surface area (Å²) >= 11 is 3.27. The number of carbonyl (C=O) groups excluding carboxylic acids is 1. The summed E-state index contributed by atoms with van der Waals surface area (Å²) in [5.41, 5.74) is 0.363. The predicted octanol–water partition coefficient (Wildman–Crippen LogP) is 4.04. The number of fused-ring (bicyclic) bond motifs is 1. The van der Waals surface area contributed by atoms with Crippen LogP contribution in [0.15, 0.2) is 51.4 Å². The van der Waals surface area contributed by atoms with Gasteiger partial charge in [0.15, 0.2) is 5.75 Å². The van der Waals surface area contributed by atoms with E-state index in [1.807, 2.05) is 0 Å². The molecule has 110 valence electrons. The molecule has 7 heteroatoms. The van der Waals surface area contributed by atoms with Gasteiger partial charge >= 0.3 is 0 Å². The lowest BCUT2D eigenvalue weighted by Crippen LogP contribution is -1.99. The Hall–Kier alpha value is -2.67. The molecule has 0 amide bonds. The quantitative estimate of drug-likeness (QED) is 0.431. The third-order valence-electron chi connectivity index (χ3n) is 3.17. The smallest absolute Gasteiger partial charge is 0.270 e. The van der Waals surface area contributed by atoms with Gasteiger partial charge < -0.3 is 9.52 Å². The van der Waals surface area contributed by atoms with Gasteiger partial charge in [0, 0.05) is 22.2 Å². The van der Waals surface area contributed by atoms with E-state index in [0.717, 1.165) is 4.47 Å². The van der Waals surface area contributed by atoms with Gasteiger partial charge in [-0.05, 0) is 30.3 Å². The van der Waals surface area contributed by atoms with Gasteiger partial charge in [-0.2, -0.15) is 0 Å². The van der Waals surface area contributed by atoms with Crippen molar-refractivity contribution in [2.24, 2.45) is 0 Å². The van der Waals surface area contributed by atoms with E-state index in [-0.39, 0.29) is 22.4 Å². The van der Waals surface area contributed by atoms with Gasteiger partial charge in [0.05, 0.1) is 10.3 Å². The lowest BCUT2D eigenvalue weighted by molar-refractivity contribution is -0.384. The molecule has 0 fully saturated rings. The van der Waals surface area contributed by atoms with E-state index in [4.69, 9.17) is 4.42 Å². The number of hydrogen-bond donors (Lipinski definition) is 1. The molecule has 0 saturated heterocycles. The molecule has 1 heterocycles. The maximum Gasteiger partial charge on any atom is 0.270 e. The highest BCUT2D eigenvalue weighted by Crippen LogP contribution is 2.35. The van der Waals surface area contributed by atoms with Gasteiger partial charge in [-0.1, -0.05) is 15.9 Å². The lowest BCUT2D eigenvalue weighted by atomic mass is 10.1. The van der Waals surface area contributed by atoms with Gasteiger partial charge in [-0.3, -0.25) is 14.9 Å². The van der Waals surface area contributed by atoms with Crippen LogP contribution in [-0.4, -0.2) is 15.8 Å². The van der Waals surface area contributed by atoms with Crippen LogP contribution in [0.25, 0.3) is 11.0 Å². The zero-order valence-electron chi connectivity index (χ0n) is 10.9. The number of rotatable bonds is 3. The Balaban J connectivity index is 2.11. The maximum absolute atomic E-state index is 12.4. The summed E-state index contributed by atoms with van der Waals surface area (Å²) in [6, 6.07) is 10.3. The number of aromatic hydroxyl groups is 1. The highest BCUT2D eigenvalue weighted by molar-refractivity contribution is 9.10. The molecule has 6 nitrogen and oxygen atoms in total. The van der Waals surface area contributed by atoms with Crippen LogP contribution in [0.3, 0.4) is 0 Å². The number of furan rings is 1. The zero-order valence-corrected chi connectivity index (χ0v) is 12.5. The predicted molar refractivity (Wildman–Crippen MR) is 82.1 cm³/mol. The zero-order chi connectivity index (χ0) is 15.9. The van der Waals surface area contributed by atoms with Crippen LogP contribution in [0.2, 0.25) is 0 Å². The first-order chi connectivity index (χ1) is 10.5. The first-order valence-electron chi connectivity index (χ1n) is 6.17. The molecule has 0 spiro atoms. The van der Waals surface area contributed by atoms with Crippen LogP contribution in [0.1, 0.15) is 16.1 Å². The maximum atomic E-state index is 12.4. The molecule has 1 aromatic heterocycles. The summed E-state index contributed by atoms with van der Waals surface area (Å²) in [7, 11) is 0. The van der Waals surface area contributed by atoms with Crippen molar-refractivity contribution in [3.8, 4) is 5.75 Å². The lowest BCUT2D eigenvalue weighted by Gasteiger charge is -1.98. The van der Waals surface area contributed by atoms with Gasteiger partial charge in [-0.15, -0.1) is 0 Å². The fourth-order valence-electron chi connectivity index (χ4n) is 2.07. The van der Waals surface area contributed by atoms with Gasteiger partial charge in [0.1, 0.15) is 5.58 Å². The number of halogens is 1. The Kier molecular flexibility index (Phi) is 3.42. The Labute approximate surface area is 132 Å². The van der Waals surface area contributed by atoms with Crippen LogP contribution in [0, 0.1) is 10.1 Å². The summed E-state index contributed by atoms with van der Waals surface area (Å²) in [4.78, 5) is 22.6. The van der Waals surface area contributed by atoms with Crippen molar-refractivity contribution in [1.82, 2.24) is 0 Å². The van der Waals surface area contributed by atoms with Crippen LogP contribution in [-0.2, 0) is 0 Å². The molecule has 22 heavy (non-hydrogen) atoms. The average Bonchev–Trinajstić information content (AvgIpc) is 2.84. The van der Waals surface area contributed by atoms with Crippen molar-refractivity contribution in [2.45, 2.75) is 0 Å². The number of ketones is 1. The second kappa shape index (κ2) is 5.27. The standard InChI is InChI=1S/C15H8BrNO5/c16-9-3-1-8(2-4-9)13(18)15-14(19)11-7-10(17(20)21)5-6-12(11)22-15/h1-7,19H. The largest absolute Gasteiger partial charge is 0.504 e. The van der Waals surface area contributed by atoms with E-state index in [0.29, 0.717) is 5.56 Å². The van der Waals surface area contributed by atoms with Gasteiger partial charge in [0.2, 0.25) is 11.5 Å². The fraction of sp³-hybridized carbons (Fsp3) is 0. The van der Waals surface area contributed by atoms with Crippen molar-refractivity contribution >= 4 is 38.4 Å². The Morgan fingerprint density at radius 3 is 2.50 bits per heavy atom. The number of nitro groups is 1. The molecular weight excluding hydrogens is 354 g/mol. The van der Waals surface area contributed by atoms with E-state index in [9.17, 15) is 20.0 Å². The van der Waals surface area contributed by atoms with E-state index in [1.54, 1.807) is 24.3 Å². The Morgan fingerprint density at radius 2 is 1.86 bits per heavy atom. The molecule has 0 aliphatic rings. The van der Waals surface area contributed by atoms with Crippen LogP contribution >= 0.6 is 15.9 Å². The van der Waals surface area contributed by atoms with Crippen LogP contribution < -0.4 is 0 Å². The van der Waals surface area contributed by atoms with Crippen LogP contribution in [0.5, 0.6) is 5.75 Å². The Bertz CT molecular complexity index is 898. The SMILES string of the molecule is O=C(c1ccc(Br)cc1)c1oc2ccc([N+](=O)[O-])cc2c1O. The number of nitrogens with zero attached hydrogens (tertiary/aromatic N) is 1. The molecule has 3 rings (SSSR count). The molecular formula is C15H8BrNO5. The number of carbonyl (C=O) groups is 1. The normalized spacial score (nSPS) is 10.8. The molecule has 0 unspecified atom stereocenters. The van der Waals surface area contributed by atoms with E-state index >= 15 is 0 Å². The molecule has 2 aromatic carbocycles. The highest BCUT2D eigenvalue weighted by atomic mass is 79.9. The first-order valence-corrected chi connectivity index (χ1v) is 6.97. The number of hydrogen-bond acceptors (Lipinski definition) is 5. The third-order valence-corrected chi connectivity index (χ3v) is 3.70. The number of nitro benzene ring substituents is 1. The van der Waals surface area contributed by atoms with Crippen molar-refractivity contribution in [3.63, 3.8) is 0 Å². The number of benzene rings is 2. The minimum Gasteiger partial charge on any atom is -0.504 e. The molecule has 0 bridgehead atoms. The van der Waals surface area contributed by atoms with Gasteiger partial charge in [0.25, 0.3) is 5.69 Å². The average molecular weight is 362 g/mol. The minimum atomic E-state index is -0.581. The summed E-state index contributed by atoms with van der Waals surface area (Å²) in [5, 5.41) is 21.0. The van der Waals surface area contributed by atoms with E-state index in [1.165, 1.54) is 18.2 Å². The molecule has 3 aromatic rings. The minimum absolute atomic E-state index is 0.134. The summed E-state index contributed by atoms with van der Waals surface area (Å²) in [5.74, 6) is -1.13. The van der Waals surface area contributed by atoms with Crippen molar-refractivity contribution < 1.29 is 19.2 Å². The van der Waals surface area contributed by atoms with Crippen LogP contribution in [0.4, 0.5) is 5.69 Å². The van der Waals surface area contributed by atoms with Crippen molar-refractivity contribution in [1.29, 1.82) is 0 Å². The molecule has 0 aliphatic heterocycles. The van der Waals surface area contributed by atoms with E-state index in [2.05, 4.69) is 15.9 Å². The molecule has 1 N–H and O–H groups in total. The van der Waals surface area contributed by atoms with E-state index < -0.39 is 16.5 Å². The summed E-state index contributed by atoms with van der Waals surface area (Å²) in [6.45, 7) is 0. The highest BCUT2D eigenvalue weighted by Gasteiger charge is 2.23. The molecule has 0 atom stereocenters. The molecule has 0 aliphatic carbocycles. The summed E-state index contributed by atoms with van der Waals surface area (Å²) in [6.07, 6.45) is 0. The third kappa shape index (κ3) is 2.35. The van der Waals surface area contributed by atoms with Crippen molar-refractivity contribution in [2.75, 3.05) is 0 Å². The second-order valence-electron chi connectivity index (χ2n) is 4.55. The molecule has 0 radical (unpaired) electrons. The second-order valence-corrected chi connectivity index (χ2v) is 5.47. The van der Waals surface area contributed by atoms with Gasteiger partial charge in [-0.25, -0.2) is 0 Å².